The Labute approximate surface area is 161 Å². The number of nitrogens with one attached hydrogen (secondary N) is 2. The molecule has 14 heteroatoms. The lowest BCUT2D eigenvalue weighted by atomic mass is 10.1. The summed E-state index contributed by atoms with van der Waals surface area (Å²) in [6, 6.07) is -1.24. The van der Waals surface area contributed by atoms with E-state index in [1.165, 1.54) is 0 Å². The molecule has 0 unspecified atom stereocenters. The molecule has 1 aromatic carbocycles. The van der Waals surface area contributed by atoms with Crippen LogP contribution >= 0.6 is 23.2 Å². The summed E-state index contributed by atoms with van der Waals surface area (Å²) < 4.78 is 52.6. The predicted octanol–water partition coefficient (Wildman–Crippen LogP) is 1.65. The predicted molar refractivity (Wildman–Crippen MR) is 91.6 cm³/mol. The first-order valence-corrected chi connectivity index (χ1v) is 9.60. The van der Waals surface area contributed by atoms with Crippen molar-refractivity contribution >= 4 is 62.5 Å². The number of hydrogen-bond donors (Lipinski definition) is 3. The topological polar surface area (TPSA) is 133 Å². The molecule has 1 aromatic rings. The highest BCUT2D eigenvalue weighted by Crippen LogP contribution is 2.33. The Morgan fingerprint density at radius 2 is 2.04 bits per heavy atom. The summed E-state index contributed by atoms with van der Waals surface area (Å²) in [6.07, 6.45) is -3.29. The number of carboxylic acids is 1. The van der Waals surface area contributed by atoms with Gasteiger partial charge in [-0.25, -0.2) is 31.7 Å². The Morgan fingerprint density at radius 3 is 2.59 bits per heavy atom. The van der Waals surface area contributed by atoms with Crippen LogP contribution in [0, 0.1) is 5.82 Å². The van der Waals surface area contributed by atoms with Crippen molar-refractivity contribution in [2.45, 2.75) is 18.6 Å². The first-order chi connectivity index (χ1) is 12.5. The Bertz CT molecular complexity index is 914. The zero-order valence-electron chi connectivity index (χ0n) is 13.1. The molecule has 0 saturated carbocycles. The van der Waals surface area contributed by atoms with Crippen molar-refractivity contribution in [2.24, 2.45) is 0 Å². The van der Waals surface area contributed by atoms with Gasteiger partial charge in [0.1, 0.15) is 17.1 Å². The molecule has 1 saturated heterocycles. The molecule has 3 amide bonds. The van der Waals surface area contributed by atoms with Gasteiger partial charge in [0.25, 0.3) is 5.91 Å². The van der Waals surface area contributed by atoms with Gasteiger partial charge in [0.2, 0.25) is 10.0 Å². The van der Waals surface area contributed by atoms with Gasteiger partial charge in [-0.05, 0) is 12.1 Å². The number of sulfonamides is 1. The van der Waals surface area contributed by atoms with Gasteiger partial charge >= 0.3 is 12.0 Å². The number of halogens is 4. The number of benzene rings is 1. The summed E-state index contributed by atoms with van der Waals surface area (Å²) in [6.45, 7) is 0. The molecule has 3 N–H and O–H groups in total. The largest absolute Gasteiger partial charge is 0.479 e. The van der Waals surface area contributed by atoms with E-state index in [4.69, 9.17) is 28.3 Å². The SMILES string of the molecule is O=C(O)[C@H](F)C[C@H]1NC(=O)N(c2cc(NS(=O)(=O)CCl)c(Cl)cc2F)C1=O. The molecule has 0 aliphatic carbocycles. The van der Waals surface area contributed by atoms with E-state index >= 15 is 0 Å². The number of carbonyl (C=O) groups excluding carboxylic acids is 2. The second kappa shape index (κ2) is 7.82. The number of hydrogen-bond acceptors (Lipinski definition) is 5. The number of amides is 3. The molecule has 1 heterocycles. The van der Waals surface area contributed by atoms with Crippen LogP contribution in [0.25, 0.3) is 0 Å². The molecule has 2 atom stereocenters. The van der Waals surface area contributed by atoms with Crippen LogP contribution in [-0.2, 0) is 19.6 Å². The maximum Gasteiger partial charge on any atom is 0.338 e. The molecule has 148 valence electrons. The van der Waals surface area contributed by atoms with Crippen LogP contribution in [0.4, 0.5) is 25.0 Å². The second-order valence-corrected chi connectivity index (χ2v) is 8.04. The monoisotopic (exact) mass is 445 g/mol. The van der Waals surface area contributed by atoms with Gasteiger partial charge in [0.15, 0.2) is 6.17 Å². The van der Waals surface area contributed by atoms with Crippen molar-refractivity contribution in [2.75, 3.05) is 14.8 Å². The Kier molecular flexibility index (Phi) is 6.12. The Hall–Kier alpha value is -2.18. The second-order valence-electron chi connectivity index (χ2n) is 5.33. The van der Waals surface area contributed by atoms with Crippen LogP contribution in [0.2, 0.25) is 5.02 Å². The van der Waals surface area contributed by atoms with Gasteiger partial charge in [-0.15, -0.1) is 11.6 Å². The summed E-state index contributed by atoms with van der Waals surface area (Å²) in [7, 11) is -4.02. The first-order valence-electron chi connectivity index (χ1n) is 7.03. The van der Waals surface area contributed by atoms with Crippen LogP contribution in [0.15, 0.2) is 12.1 Å². The summed E-state index contributed by atoms with van der Waals surface area (Å²) in [5, 5.41) is 9.38. The minimum atomic E-state index is -4.02. The van der Waals surface area contributed by atoms with Crippen LogP contribution in [-0.4, -0.2) is 48.9 Å². The van der Waals surface area contributed by atoms with Crippen molar-refractivity contribution in [1.29, 1.82) is 0 Å². The molecule has 0 spiro atoms. The van der Waals surface area contributed by atoms with Crippen LogP contribution < -0.4 is 14.9 Å². The van der Waals surface area contributed by atoms with Gasteiger partial charge in [-0.3, -0.25) is 9.52 Å². The van der Waals surface area contributed by atoms with Crippen molar-refractivity contribution < 1.29 is 36.7 Å². The van der Waals surface area contributed by atoms with Crippen molar-refractivity contribution in [3.63, 3.8) is 0 Å². The van der Waals surface area contributed by atoms with Crippen LogP contribution in [0.1, 0.15) is 6.42 Å². The van der Waals surface area contributed by atoms with Crippen molar-refractivity contribution in [1.82, 2.24) is 5.32 Å². The van der Waals surface area contributed by atoms with Crippen molar-refractivity contribution in [3.05, 3.63) is 23.0 Å². The summed E-state index contributed by atoms with van der Waals surface area (Å²) in [5.74, 6) is -4.09. The fraction of sp³-hybridized carbons (Fsp3) is 0.308. The average Bonchev–Trinajstić information content (AvgIpc) is 2.84. The van der Waals surface area contributed by atoms with Crippen LogP contribution in [0.5, 0.6) is 0 Å². The van der Waals surface area contributed by atoms with E-state index in [-0.39, 0.29) is 10.7 Å². The zero-order valence-corrected chi connectivity index (χ0v) is 15.4. The van der Waals surface area contributed by atoms with Gasteiger partial charge in [0, 0.05) is 6.42 Å². The number of urea groups is 1. The number of nitrogens with zero attached hydrogens (tertiary/aromatic N) is 1. The average molecular weight is 446 g/mol. The molecular formula is C13H11Cl2F2N3O6S. The number of anilines is 2. The molecular weight excluding hydrogens is 435 g/mol. The van der Waals surface area contributed by atoms with Gasteiger partial charge in [-0.1, -0.05) is 11.6 Å². The van der Waals surface area contributed by atoms with E-state index in [9.17, 15) is 31.6 Å². The third-order valence-electron chi connectivity index (χ3n) is 3.42. The van der Waals surface area contributed by atoms with E-state index in [0.717, 1.165) is 6.07 Å². The number of rotatable bonds is 7. The third kappa shape index (κ3) is 4.57. The smallest absolute Gasteiger partial charge is 0.338 e. The fourth-order valence-electron chi connectivity index (χ4n) is 2.21. The lowest BCUT2D eigenvalue weighted by Crippen LogP contribution is -2.35. The van der Waals surface area contributed by atoms with Gasteiger partial charge in [-0.2, -0.15) is 0 Å². The van der Waals surface area contributed by atoms with Gasteiger partial charge in [0.05, 0.1) is 16.4 Å². The normalized spacial score (nSPS) is 18.4. The zero-order chi connectivity index (χ0) is 20.5. The molecule has 9 nitrogen and oxygen atoms in total. The minimum absolute atomic E-state index is 0.295. The molecule has 0 aromatic heterocycles. The quantitative estimate of drug-likeness (QED) is 0.431. The summed E-state index contributed by atoms with van der Waals surface area (Å²) in [4.78, 5) is 35.1. The maximum absolute atomic E-state index is 14.2. The van der Waals surface area contributed by atoms with Crippen LogP contribution in [0.3, 0.4) is 0 Å². The molecule has 2 rings (SSSR count). The molecule has 0 bridgehead atoms. The third-order valence-corrected chi connectivity index (χ3v) is 5.41. The molecule has 0 radical (unpaired) electrons. The van der Waals surface area contributed by atoms with E-state index in [1.807, 2.05) is 10.0 Å². The lowest BCUT2D eigenvalue weighted by molar-refractivity contribution is -0.143. The molecule has 27 heavy (non-hydrogen) atoms. The minimum Gasteiger partial charge on any atom is -0.479 e. The van der Waals surface area contributed by atoms with E-state index < -0.39 is 63.3 Å². The molecule has 1 fully saturated rings. The lowest BCUT2D eigenvalue weighted by Gasteiger charge is -2.17. The molecule has 1 aliphatic rings. The number of carbonyl (C=O) groups is 3. The number of alkyl halides is 2. The highest BCUT2D eigenvalue weighted by molar-refractivity contribution is 7.93. The number of aliphatic carboxylic acids is 1. The number of carboxylic acid groups (broad SMARTS) is 1. The fourth-order valence-corrected chi connectivity index (χ4v) is 3.18. The maximum atomic E-state index is 14.2. The highest BCUT2D eigenvalue weighted by atomic mass is 35.5. The van der Waals surface area contributed by atoms with E-state index in [0.29, 0.717) is 11.0 Å². The van der Waals surface area contributed by atoms with E-state index in [2.05, 4.69) is 0 Å². The Morgan fingerprint density at radius 1 is 1.41 bits per heavy atom. The number of imide groups is 1. The highest BCUT2D eigenvalue weighted by Gasteiger charge is 2.42. The Balaban J connectivity index is 2.38. The standard InChI is InChI=1S/C13H11Cl2F2N3O6S/c14-4-27(25,26)19-8-3-10(6(16)1-5(8)15)20-11(21)9(18-13(20)24)2-7(17)12(22)23/h1,3,7,9,19H,2,4H2,(H,18,24)(H,22,23)/t7-,9-/m1/s1. The first kappa shape index (κ1) is 21.1. The van der Waals surface area contributed by atoms with E-state index in [1.54, 1.807) is 0 Å². The molecule has 1 aliphatic heterocycles. The van der Waals surface area contributed by atoms with Gasteiger partial charge < -0.3 is 10.4 Å². The summed E-state index contributed by atoms with van der Waals surface area (Å²) in [5.41, 5.74) is -1.02. The summed E-state index contributed by atoms with van der Waals surface area (Å²) >= 11 is 11.0. The van der Waals surface area contributed by atoms with Crippen molar-refractivity contribution in [3.8, 4) is 0 Å².